The first-order valence-electron chi connectivity index (χ1n) is 10.8. The van der Waals surface area contributed by atoms with Gasteiger partial charge in [0.2, 0.25) is 0 Å². The Bertz CT molecular complexity index is 1340. The quantitative estimate of drug-likeness (QED) is 0.261. The van der Waals surface area contributed by atoms with Crippen molar-refractivity contribution in [3.63, 3.8) is 0 Å². The van der Waals surface area contributed by atoms with Crippen molar-refractivity contribution in [2.75, 3.05) is 7.11 Å². The van der Waals surface area contributed by atoms with Gasteiger partial charge in [0.05, 0.1) is 23.8 Å². The first kappa shape index (κ1) is 23.4. The molecule has 35 heavy (non-hydrogen) atoms. The first-order valence-corrected chi connectivity index (χ1v) is 10.8. The first-order chi connectivity index (χ1) is 16.9. The standard InChI is InChI=1S/C29H22O6/c1-19-3-5-23(6-4-19)28(31)35-26-17-13-24(14-18-26)29(32)34-25-15-11-21(12-16-25)20-7-9-22(10-8-20)27(30)33-2/h3-18H,1-2H3. The van der Waals surface area contributed by atoms with E-state index in [0.717, 1.165) is 16.7 Å². The second-order valence-corrected chi connectivity index (χ2v) is 7.76. The van der Waals surface area contributed by atoms with Crippen molar-refractivity contribution in [1.29, 1.82) is 0 Å². The minimum absolute atomic E-state index is 0.322. The number of aryl methyl sites for hydroxylation is 1. The van der Waals surface area contributed by atoms with Crippen molar-refractivity contribution in [2.24, 2.45) is 0 Å². The van der Waals surface area contributed by atoms with Gasteiger partial charge in [0.15, 0.2) is 0 Å². The highest BCUT2D eigenvalue weighted by Gasteiger charge is 2.12. The van der Waals surface area contributed by atoms with Gasteiger partial charge in [0.25, 0.3) is 0 Å². The number of hydrogen-bond donors (Lipinski definition) is 0. The molecular weight excluding hydrogens is 444 g/mol. The lowest BCUT2D eigenvalue weighted by atomic mass is 10.0. The molecule has 0 radical (unpaired) electrons. The average Bonchev–Trinajstić information content (AvgIpc) is 2.89. The summed E-state index contributed by atoms with van der Waals surface area (Å²) in [6, 6.07) is 27.3. The number of carbonyl (C=O) groups is 3. The Morgan fingerprint density at radius 3 is 1.29 bits per heavy atom. The zero-order valence-electron chi connectivity index (χ0n) is 19.2. The van der Waals surface area contributed by atoms with Gasteiger partial charge in [0.1, 0.15) is 11.5 Å². The van der Waals surface area contributed by atoms with E-state index >= 15 is 0 Å². The Kier molecular flexibility index (Phi) is 7.02. The number of methoxy groups -OCH3 is 1. The molecule has 0 bridgehead atoms. The summed E-state index contributed by atoms with van der Waals surface area (Å²) in [4.78, 5) is 36.3. The van der Waals surface area contributed by atoms with Gasteiger partial charge < -0.3 is 14.2 Å². The van der Waals surface area contributed by atoms with E-state index in [-0.39, 0.29) is 0 Å². The topological polar surface area (TPSA) is 78.9 Å². The Hall–Kier alpha value is -4.71. The van der Waals surface area contributed by atoms with Crippen LogP contribution in [0.15, 0.2) is 97.1 Å². The number of hydrogen-bond acceptors (Lipinski definition) is 6. The van der Waals surface area contributed by atoms with Crippen molar-refractivity contribution >= 4 is 17.9 Å². The molecule has 4 rings (SSSR count). The Labute approximate surface area is 202 Å². The predicted molar refractivity (Wildman–Crippen MR) is 131 cm³/mol. The minimum atomic E-state index is -0.531. The Morgan fingerprint density at radius 2 is 0.829 bits per heavy atom. The molecule has 0 aliphatic carbocycles. The fourth-order valence-electron chi connectivity index (χ4n) is 3.31. The van der Waals surface area contributed by atoms with Crippen LogP contribution in [0.1, 0.15) is 36.6 Å². The largest absolute Gasteiger partial charge is 0.465 e. The van der Waals surface area contributed by atoms with Crippen LogP contribution in [-0.4, -0.2) is 25.0 Å². The average molecular weight is 466 g/mol. The number of carbonyl (C=O) groups excluding carboxylic acids is 3. The highest BCUT2D eigenvalue weighted by Crippen LogP contribution is 2.24. The molecule has 0 saturated carbocycles. The molecule has 0 aliphatic heterocycles. The molecule has 0 spiro atoms. The molecule has 0 aromatic heterocycles. The summed E-state index contributed by atoms with van der Waals surface area (Å²) in [5.74, 6) is -0.678. The van der Waals surface area contributed by atoms with Crippen LogP contribution in [0.25, 0.3) is 11.1 Å². The van der Waals surface area contributed by atoms with E-state index in [9.17, 15) is 14.4 Å². The maximum absolute atomic E-state index is 12.5. The number of benzene rings is 4. The lowest BCUT2D eigenvalue weighted by molar-refractivity contribution is 0.0599. The van der Waals surface area contributed by atoms with Gasteiger partial charge in [-0.05, 0) is 78.7 Å². The Balaban J connectivity index is 1.36. The van der Waals surface area contributed by atoms with E-state index in [1.165, 1.54) is 19.2 Å². The summed E-state index contributed by atoms with van der Waals surface area (Å²) in [5.41, 5.74) is 4.10. The zero-order chi connectivity index (χ0) is 24.8. The van der Waals surface area contributed by atoms with Crippen molar-refractivity contribution in [3.8, 4) is 22.6 Å². The molecule has 0 amide bonds. The van der Waals surface area contributed by atoms with Crippen LogP contribution >= 0.6 is 0 Å². The number of ether oxygens (including phenoxy) is 3. The third-order valence-corrected chi connectivity index (χ3v) is 5.29. The van der Waals surface area contributed by atoms with Crippen LogP contribution in [-0.2, 0) is 4.74 Å². The maximum atomic E-state index is 12.5. The molecule has 0 atom stereocenters. The highest BCUT2D eigenvalue weighted by atomic mass is 16.5. The zero-order valence-corrected chi connectivity index (χ0v) is 19.2. The summed E-state index contributed by atoms with van der Waals surface area (Å²) < 4.78 is 15.5. The summed E-state index contributed by atoms with van der Waals surface area (Å²) in [6.07, 6.45) is 0. The van der Waals surface area contributed by atoms with Crippen molar-refractivity contribution < 1.29 is 28.6 Å². The van der Waals surface area contributed by atoms with Crippen LogP contribution in [0.3, 0.4) is 0 Å². The summed E-state index contributed by atoms with van der Waals surface area (Å²) in [6.45, 7) is 1.94. The van der Waals surface area contributed by atoms with Gasteiger partial charge in [-0.3, -0.25) is 0 Å². The molecule has 4 aromatic carbocycles. The number of rotatable bonds is 6. The minimum Gasteiger partial charge on any atom is -0.465 e. The second-order valence-electron chi connectivity index (χ2n) is 7.76. The van der Waals surface area contributed by atoms with Gasteiger partial charge in [0, 0.05) is 0 Å². The fraction of sp³-hybridized carbons (Fsp3) is 0.0690. The summed E-state index contributed by atoms with van der Waals surface area (Å²) >= 11 is 0. The molecule has 6 nitrogen and oxygen atoms in total. The lowest BCUT2D eigenvalue weighted by Crippen LogP contribution is -2.10. The normalized spacial score (nSPS) is 10.3. The SMILES string of the molecule is COC(=O)c1ccc(-c2ccc(OC(=O)c3ccc(OC(=O)c4ccc(C)cc4)cc3)cc2)cc1. The molecule has 0 heterocycles. The van der Waals surface area contributed by atoms with Gasteiger partial charge >= 0.3 is 17.9 Å². The molecular formula is C29H22O6. The third-order valence-electron chi connectivity index (χ3n) is 5.29. The van der Waals surface area contributed by atoms with Gasteiger partial charge in [-0.1, -0.05) is 42.0 Å². The molecule has 0 saturated heterocycles. The van der Waals surface area contributed by atoms with E-state index in [1.54, 1.807) is 48.5 Å². The summed E-state index contributed by atoms with van der Waals surface area (Å²) in [5, 5.41) is 0. The second kappa shape index (κ2) is 10.5. The van der Waals surface area contributed by atoms with Crippen molar-refractivity contribution in [1.82, 2.24) is 0 Å². The smallest absolute Gasteiger partial charge is 0.343 e. The van der Waals surface area contributed by atoms with E-state index < -0.39 is 17.9 Å². The van der Waals surface area contributed by atoms with Gasteiger partial charge in [-0.25, -0.2) is 14.4 Å². The van der Waals surface area contributed by atoms with E-state index in [4.69, 9.17) is 14.2 Å². The number of esters is 3. The molecule has 6 heteroatoms. The van der Waals surface area contributed by atoms with Gasteiger partial charge in [-0.15, -0.1) is 0 Å². The predicted octanol–water partition coefficient (Wildman–Crippen LogP) is 5.89. The van der Waals surface area contributed by atoms with E-state index in [0.29, 0.717) is 28.2 Å². The van der Waals surface area contributed by atoms with Crippen LogP contribution in [0.4, 0.5) is 0 Å². The van der Waals surface area contributed by atoms with E-state index in [2.05, 4.69) is 0 Å². The lowest BCUT2D eigenvalue weighted by Gasteiger charge is -2.08. The molecule has 0 N–H and O–H groups in total. The molecule has 0 unspecified atom stereocenters. The maximum Gasteiger partial charge on any atom is 0.343 e. The van der Waals surface area contributed by atoms with Crippen LogP contribution < -0.4 is 9.47 Å². The fourth-order valence-corrected chi connectivity index (χ4v) is 3.31. The monoisotopic (exact) mass is 466 g/mol. The van der Waals surface area contributed by atoms with Crippen molar-refractivity contribution in [3.05, 3.63) is 119 Å². The van der Waals surface area contributed by atoms with E-state index in [1.807, 2.05) is 43.3 Å². The van der Waals surface area contributed by atoms with Crippen LogP contribution in [0.5, 0.6) is 11.5 Å². The molecule has 4 aromatic rings. The molecule has 174 valence electrons. The summed E-state index contributed by atoms with van der Waals surface area (Å²) in [7, 11) is 1.34. The molecule has 0 fully saturated rings. The Morgan fingerprint density at radius 1 is 0.486 bits per heavy atom. The van der Waals surface area contributed by atoms with Gasteiger partial charge in [-0.2, -0.15) is 0 Å². The molecule has 0 aliphatic rings. The third kappa shape index (κ3) is 5.81. The van der Waals surface area contributed by atoms with Crippen LogP contribution in [0.2, 0.25) is 0 Å². The highest BCUT2D eigenvalue weighted by molar-refractivity contribution is 5.93. The van der Waals surface area contributed by atoms with Crippen LogP contribution in [0, 0.1) is 6.92 Å². The van der Waals surface area contributed by atoms with Crippen molar-refractivity contribution in [2.45, 2.75) is 6.92 Å².